The van der Waals surface area contributed by atoms with Crippen LogP contribution in [0.15, 0.2) is 24.7 Å². The lowest BCUT2D eigenvalue weighted by Gasteiger charge is -2.05. The number of nitrogens with zero attached hydrogens (tertiary/aromatic N) is 4. The lowest BCUT2D eigenvalue weighted by molar-refractivity contribution is -0.146. The molecule has 0 saturated carbocycles. The van der Waals surface area contributed by atoms with Crippen molar-refractivity contribution < 1.29 is 13.2 Å². The topological polar surface area (TPSA) is 43.6 Å². The maximum atomic E-state index is 12.7. The summed E-state index contributed by atoms with van der Waals surface area (Å²) in [7, 11) is 1.34. The first-order valence-corrected chi connectivity index (χ1v) is 5.10. The minimum absolute atomic E-state index is 0.284. The first-order valence-electron chi connectivity index (χ1n) is 5.10. The van der Waals surface area contributed by atoms with Crippen LogP contribution in [0.3, 0.4) is 0 Å². The third-order valence-electron chi connectivity index (χ3n) is 2.76. The Labute approximate surface area is 99.1 Å². The lowest BCUT2D eigenvalue weighted by atomic mass is 10.2. The Morgan fingerprint density at radius 2 is 1.94 bits per heavy atom. The van der Waals surface area contributed by atoms with E-state index in [4.69, 9.17) is 0 Å². The van der Waals surface area contributed by atoms with Crippen LogP contribution < -0.4 is 0 Å². The van der Waals surface area contributed by atoms with E-state index in [1.165, 1.54) is 13.4 Å². The number of rotatable bonds is 0. The molecule has 2 aromatic heterocycles. The van der Waals surface area contributed by atoms with E-state index in [9.17, 15) is 13.2 Å². The highest BCUT2D eigenvalue weighted by Gasteiger charge is 2.36. The quantitative estimate of drug-likeness (QED) is 0.617. The maximum absolute atomic E-state index is 12.7. The largest absolute Gasteiger partial charge is 0.449 e. The van der Waals surface area contributed by atoms with E-state index < -0.39 is 12.0 Å². The number of aromatic nitrogens is 4. The molecular formula is C11H7F3N4. The minimum atomic E-state index is -4.47. The molecule has 0 amide bonds. The third kappa shape index (κ3) is 1.51. The maximum Gasteiger partial charge on any atom is 0.449 e. The average Bonchev–Trinajstić information content (AvgIpc) is 2.64. The van der Waals surface area contributed by atoms with E-state index in [1.807, 2.05) is 0 Å². The Balaban J connectivity index is 2.40. The Kier molecular flexibility index (Phi) is 2.07. The number of aryl methyl sites for hydroxylation is 1. The van der Waals surface area contributed by atoms with Gasteiger partial charge < -0.3 is 4.57 Å². The molecule has 0 unspecified atom stereocenters. The highest BCUT2D eigenvalue weighted by atomic mass is 19.4. The molecule has 0 aliphatic rings. The van der Waals surface area contributed by atoms with Crippen molar-refractivity contribution in [3.05, 3.63) is 30.5 Å². The van der Waals surface area contributed by atoms with Crippen LogP contribution in [0, 0.1) is 0 Å². The Morgan fingerprint density at radius 3 is 2.67 bits per heavy atom. The molecule has 0 bridgehead atoms. The van der Waals surface area contributed by atoms with Gasteiger partial charge in [-0.15, -0.1) is 0 Å². The molecule has 0 spiro atoms. The van der Waals surface area contributed by atoms with Gasteiger partial charge in [0.05, 0.1) is 16.6 Å². The number of alkyl halides is 3. The second-order valence-electron chi connectivity index (χ2n) is 3.91. The highest BCUT2D eigenvalue weighted by molar-refractivity contribution is 5.92. The van der Waals surface area contributed by atoms with Crippen LogP contribution in [0.25, 0.3) is 21.9 Å². The van der Waals surface area contributed by atoms with Crippen LogP contribution in [0.5, 0.6) is 0 Å². The summed E-state index contributed by atoms with van der Waals surface area (Å²) in [6.07, 6.45) is -1.56. The van der Waals surface area contributed by atoms with Gasteiger partial charge in [0.25, 0.3) is 0 Å². The summed E-state index contributed by atoms with van der Waals surface area (Å²) in [5, 5.41) is 0.664. The zero-order valence-electron chi connectivity index (χ0n) is 9.23. The molecule has 18 heavy (non-hydrogen) atoms. The molecule has 0 saturated heterocycles. The van der Waals surface area contributed by atoms with Gasteiger partial charge in [-0.1, -0.05) is 0 Å². The van der Waals surface area contributed by atoms with Crippen molar-refractivity contribution in [2.75, 3.05) is 0 Å². The van der Waals surface area contributed by atoms with Crippen molar-refractivity contribution in [1.29, 1.82) is 0 Å². The van der Waals surface area contributed by atoms with Gasteiger partial charge in [-0.3, -0.25) is 0 Å². The number of hydrogen-bond acceptors (Lipinski definition) is 3. The second-order valence-corrected chi connectivity index (χ2v) is 3.91. The van der Waals surface area contributed by atoms with Crippen molar-refractivity contribution in [2.24, 2.45) is 7.05 Å². The number of halogens is 3. The van der Waals surface area contributed by atoms with E-state index >= 15 is 0 Å². The van der Waals surface area contributed by atoms with Gasteiger partial charge in [0.2, 0.25) is 5.82 Å². The number of hydrogen-bond donors (Lipinski definition) is 0. The second kappa shape index (κ2) is 3.41. The molecule has 0 fully saturated rings. The smallest absolute Gasteiger partial charge is 0.323 e. The molecule has 1 aromatic carbocycles. The van der Waals surface area contributed by atoms with Crippen LogP contribution >= 0.6 is 0 Å². The van der Waals surface area contributed by atoms with Crippen LogP contribution in [-0.4, -0.2) is 19.5 Å². The average molecular weight is 252 g/mol. The monoisotopic (exact) mass is 252 g/mol. The predicted octanol–water partition coefficient (Wildman–Crippen LogP) is 2.54. The fraction of sp³-hybridized carbons (Fsp3) is 0.182. The molecule has 0 N–H and O–H groups in total. The summed E-state index contributed by atoms with van der Waals surface area (Å²) in [5.41, 5.74) is 1.27. The van der Waals surface area contributed by atoms with Crippen molar-refractivity contribution in [3.8, 4) is 0 Å². The first kappa shape index (κ1) is 10.9. The van der Waals surface area contributed by atoms with Crippen LogP contribution in [-0.2, 0) is 13.2 Å². The number of imidazole rings is 1. The molecule has 0 aliphatic carbocycles. The van der Waals surface area contributed by atoms with Gasteiger partial charge in [-0.2, -0.15) is 13.2 Å². The van der Waals surface area contributed by atoms with Crippen LogP contribution in [0.4, 0.5) is 13.2 Å². The Bertz CT molecular complexity index is 745. The van der Waals surface area contributed by atoms with Gasteiger partial charge >= 0.3 is 6.18 Å². The summed E-state index contributed by atoms with van der Waals surface area (Å²) in [5.74, 6) is -0.916. The SMILES string of the molecule is Cn1c(C(F)(F)F)nc2cc3cncnc3cc21. The molecule has 0 radical (unpaired) electrons. The highest BCUT2D eigenvalue weighted by Crippen LogP contribution is 2.31. The van der Waals surface area contributed by atoms with Crippen molar-refractivity contribution in [3.63, 3.8) is 0 Å². The number of fused-ring (bicyclic) bond motifs is 2. The third-order valence-corrected chi connectivity index (χ3v) is 2.76. The molecule has 4 nitrogen and oxygen atoms in total. The van der Waals surface area contributed by atoms with E-state index in [2.05, 4.69) is 15.0 Å². The predicted molar refractivity (Wildman–Crippen MR) is 58.8 cm³/mol. The summed E-state index contributed by atoms with van der Waals surface area (Å²) in [6.45, 7) is 0. The fourth-order valence-electron chi connectivity index (χ4n) is 1.92. The summed E-state index contributed by atoms with van der Waals surface area (Å²) in [4.78, 5) is 11.5. The van der Waals surface area contributed by atoms with Crippen LogP contribution in [0.1, 0.15) is 5.82 Å². The van der Waals surface area contributed by atoms with Crippen LogP contribution in [0.2, 0.25) is 0 Å². The molecule has 0 atom stereocenters. The normalized spacial score (nSPS) is 12.4. The lowest BCUT2D eigenvalue weighted by Crippen LogP contribution is -2.12. The standard InChI is InChI=1S/C11H7F3N4/c1-18-9-3-7-6(4-15-5-16-7)2-8(9)17-10(18)11(12,13)14/h2-5H,1H3. The summed E-state index contributed by atoms with van der Waals surface area (Å²) < 4.78 is 39.2. The van der Waals surface area contributed by atoms with Crippen molar-refractivity contribution in [2.45, 2.75) is 6.18 Å². The fourth-order valence-corrected chi connectivity index (χ4v) is 1.92. The zero-order valence-corrected chi connectivity index (χ0v) is 9.23. The molecular weight excluding hydrogens is 245 g/mol. The molecule has 2 heterocycles. The van der Waals surface area contributed by atoms with Gasteiger partial charge in [0.1, 0.15) is 6.33 Å². The minimum Gasteiger partial charge on any atom is -0.323 e. The van der Waals surface area contributed by atoms with E-state index in [0.717, 1.165) is 4.57 Å². The molecule has 7 heteroatoms. The Hall–Kier alpha value is -2.18. The Morgan fingerprint density at radius 1 is 1.17 bits per heavy atom. The summed E-state index contributed by atoms with van der Waals surface area (Å²) in [6, 6.07) is 3.13. The van der Waals surface area contributed by atoms with Crippen molar-refractivity contribution in [1.82, 2.24) is 19.5 Å². The zero-order chi connectivity index (χ0) is 12.9. The summed E-state index contributed by atoms with van der Waals surface area (Å²) >= 11 is 0. The van der Waals surface area contributed by atoms with E-state index in [0.29, 0.717) is 16.4 Å². The van der Waals surface area contributed by atoms with E-state index in [-0.39, 0.29) is 5.52 Å². The number of benzene rings is 1. The molecule has 3 aromatic rings. The molecule has 92 valence electrons. The van der Waals surface area contributed by atoms with E-state index in [1.54, 1.807) is 18.3 Å². The van der Waals surface area contributed by atoms with Crippen molar-refractivity contribution >= 4 is 21.9 Å². The van der Waals surface area contributed by atoms with Gasteiger partial charge in [-0.05, 0) is 12.1 Å². The molecule has 3 rings (SSSR count). The van der Waals surface area contributed by atoms with Gasteiger partial charge in [0, 0.05) is 18.6 Å². The van der Waals surface area contributed by atoms with Gasteiger partial charge in [-0.25, -0.2) is 15.0 Å². The molecule has 0 aliphatic heterocycles. The first-order chi connectivity index (χ1) is 8.47. The van der Waals surface area contributed by atoms with Gasteiger partial charge in [0.15, 0.2) is 0 Å².